The van der Waals surface area contributed by atoms with Gasteiger partial charge in [-0.15, -0.1) is 0 Å². The molecule has 0 aromatic rings. The second kappa shape index (κ2) is 5.66. The Morgan fingerprint density at radius 1 is 1.19 bits per heavy atom. The third kappa shape index (κ3) is 2.63. The van der Waals surface area contributed by atoms with Crippen LogP contribution in [0.3, 0.4) is 0 Å². The molecule has 0 aromatic heterocycles. The Morgan fingerprint density at radius 2 is 1.95 bits per heavy atom. The number of nitrogens with zero attached hydrogens (tertiary/aromatic N) is 1. The topological polar surface area (TPSA) is 86.7 Å². The molecule has 2 aliphatic heterocycles. The summed E-state index contributed by atoms with van der Waals surface area (Å²) in [6, 6.07) is -0.590. The number of hydrogen-bond acceptors (Lipinski definition) is 3. The minimum absolute atomic E-state index is 0.0224. The lowest BCUT2D eigenvalue weighted by molar-refractivity contribution is -0.152. The Bertz CT molecular complexity index is 455. The molecule has 3 fully saturated rings. The molecule has 116 valence electrons. The van der Waals surface area contributed by atoms with Crippen molar-refractivity contribution in [3.05, 3.63) is 0 Å². The number of carboxylic acid groups (broad SMARTS) is 1. The number of aliphatic carboxylic acids is 1. The van der Waals surface area contributed by atoms with Crippen molar-refractivity contribution in [1.29, 1.82) is 0 Å². The largest absolute Gasteiger partial charge is 0.480 e. The number of carboxylic acids is 1. The van der Waals surface area contributed by atoms with Crippen molar-refractivity contribution >= 4 is 17.8 Å². The van der Waals surface area contributed by atoms with Crippen molar-refractivity contribution in [2.24, 2.45) is 11.8 Å². The third-order valence-electron chi connectivity index (χ3n) is 5.24. The van der Waals surface area contributed by atoms with Gasteiger partial charge in [0.2, 0.25) is 11.8 Å². The van der Waals surface area contributed by atoms with E-state index in [1.165, 1.54) is 0 Å². The van der Waals surface area contributed by atoms with Crippen LogP contribution >= 0.6 is 0 Å². The van der Waals surface area contributed by atoms with Crippen molar-refractivity contribution in [3.8, 4) is 0 Å². The number of likely N-dealkylation sites (tertiary alicyclic amines) is 1. The van der Waals surface area contributed by atoms with E-state index in [4.69, 9.17) is 0 Å². The summed E-state index contributed by atoms with van der Waals surface area (Å²) < 4.78 is 0. The summed E-state index contributed by atoms with van der Waals surface area (Å²) >= 11 is 0. The molecule has 2 saturated heterocycles. The van der Waals surface area contributed by atoms with Gasteiger partial charge in [-0.1, -0.05) is 12.8 Å². The van der Waals surface area contributed by atoms with Crippen LogP contribution in [0.2, 0.25) is 0 Å². The Hall–Kier alpha value is -1.59. The van der Waals surface area contributed by atoms with Gasteiger partial charge in [-0.2, -0.15) is 0 Å². The molecule has 3 rings (SSSR count). The van der Waals surface area contributed by atoms with Crippen LogP contribution in [0.1, 0.15) is 44.9 Å². The van der Waals surface area contributed by atoms with E-state index in [1.807, 2.05) is 0 Å². The minimum atomic E-state index is -0.891. The van der Waals surface area contributed by atoms with Crippen molar-refractivity contribution in [1.82, 2.24) is 10.2 Å². The molecule has 0 spiro atoms. The third-order valence-corrected chi connectivity index (χ3v) is 5.24. The fourth-order valence-electron chi connectivity index (χ4n) is 4.15. The number of carbonyl (C=O) groups excluding carboxylic acids is 2. The summed E-state index contributed by atoms with van der Waals surface area (Å²) in [6.45, 7) is 0.345. The zero-order valence-electron chi connectivity index (χ0n) is 12.1. The van der Waals surface area contributed by atoms with E-state index < -0.39 is 12.0 Å². The van der Waals surface area contributed by atoms with Gasteiger partial charge in [0.1, 0.15) is 6.04 Å². The number of fused-ring (bicyclic) bond motifs is 1. The Balaban J connectivity index is 1.77. The van der Waals surface area contributed by atoms with Crippen molar-refractivity contribution in [3.63, 3.8) is 0 Å². The highest BCUT2D eigenvalue weighted by Crippen LogP contribution is 2.40. The molecule has 6 heteroatoms. The molecule has 2 heterocycles. The minimum Gasteiger partial charge on any atom is -0.480 e. The van der Waals surface area contributed by atoms with Crippen LogP contribution in [-0.4, -0.2) is 46.4 Å². The van der Waals surface area contributed by atoms with Crippen LogP contribution in [0, 0.1) is 11.8 Å². The Labute approximate surface area is 123 Å². The number of amides is 2. The molecule has 1 aliphatic carbocycles. The number of piperidine rings is 1. The van der Waals surface area contributed by atoms with Crippen molar-refractivity contribution < 1.29 is 19.5 Å². The SMILES string of the molecule is O=C1CCC(C(=O)N2C(C(=O)O)CC3CCCCC32)CN1. The molecule has 3 aliphatic rings. The average molecular weight is 294 g/mol. The van der Waals surface area contributed by atoms with Crippen molar-refractivity contribution in [2.75, 3.05) is 6.54 Å². The quantitative estimate of drug-likeness (QED) is 0.787. The molecule has 1 saturated carbocycles. The van der Waals surface area contributed by atoms with E-state index >= 15 is 0 Å². The number of carbonyl (C=O) groups is 3. The summed E-state index contributed by atoms with van der Waals surface area (Å²) in [5.74, 6) is -0.910. The molecule has 21 heavy (non-hydrogen) atoms. The van der Waals surface area contributed by atoms with Gasteiger partial charge >= 0.3 is 5.97 Å². The molecule has 0 bridgehead atoms. The van der Waals surface area contributed by atoms with Gasteiger partial charge in [0.25, 0.3) is 0 Å². The number of nitrogens with one attached hydrogen (secondary N) is 1. The zero-order chi connectivity index (χ0) is 15.0. The van der Waals surface area contributed by atoms with E-state index in [0.29, 0.717) is 31.7 Å². The maximum Gasteiger partial charge on any atom is 0.326 e. The zero-order valence-corrected chi connectivity index (χ0v) is 12.1. The Morgan fingerprint density at radius 3 is 2.62 bits per heavy atom. The standard InChI is InChI=1S/C15H22N2O4/c18-13-6-5-10(8-16-13)14(19)17-11-4-2-1-3-9(11)7-12(17)15(20)21/h9-12H,1-8H2,(H,16,18)(H,20,21). The van der Waals surface area contributed by atoms with Crippen LogP contribution in [0.25, 0.3) is 0 Å². The van der Waals surface area contributed by atoms with Crippen LogP contribution in [0.15, 0.2) is 0 Å². The molecule has 6 nitrogen and oxygen atoms in total. The summed E-state index contributed by atoms with van der Waals surface area (Å²) in [7, 11) is 0. The lowest BCUT2D eigenvalue weighted by atomic mass is 9.84. The van der Waals surface area contributed by atoms with E-state index in [-0.39, 0.29) is 23.8 Å². The lowest BCUT2D eigenvalue weighted by Gasteiger charge is -2.36. The van der Waals surface area contributed by atoms with Gasteiger partial charge in [-0.25, -0.2) is 4.79 Å². The predicted molar refractivity (Wildman–Crippen MR) is 74.4 cm³/mol. The normalized spacial score (nSPS) is 36.0. The second-order valence-electron chi connectivity index (χ2n) is 6.49. The van der Waals surface area contributed by atoms with E-state index in [1.54, 1.807) is 4.90 Å². The number of hydrogen-bond donors (Lipinski definition) is 2. The average Bonchev–Trinajstić information content (AvgIpc) is 2.87. The maximum absolute atomic E-state index is 12.8. The van der Waals surface area contributed by atoms with Crippen LogP contribution < -0.4 is 5.32 Å². The first kappa shape index (κ1) is 14.4. The van der Waals surface area contributed by atoms with E-state index in [2.05, 4.69) is 5.32 Å². The van der Waals surface area contributed by atoms with Gasteiger partial charge < -0.3 is 15.3 Å². The molecule has 0 aromatic carbocycles. The van der Waals surface area contributed by atoms with Crippen molar-refractivity contribution in [2.45, 2.75) is 57.0 Å². The predicted octanol–water partition coefficient (Wildman–Crippen LogP) is 0.757. The fourth-order valence-corrected chi connectivity index (χ4v) is 4.15. The van der Waals surface area contributed by atoms with E-state index in [9.17, 15) is 19.5 Å². The first-order chi connectivity index (χ1) is 10.1. The van der Waals surface area contributed by atoms with Crippen LogP contribution in [0.4, 0.5) is 0 Å². The maximum atomic E-state index is 12.8. The van der Waals surface area contributed by atoms with E-state index in [0.717, 1.165) is 25.7 Å². The summed E-state index contributed by atoms with van der Waals surface area (Å²) in [6.07, 6.45) is 5.62. The van der Waals surface area contributed by atoms with Crippen LogP contribution in [0.5, 0.6) is 0 Å². The first-order valence-electron chi connectivity index (χ1n) is 7.89. The molecular formula is C15H22N2O4. The molecule has 4 unspecified atom stereocenters. The van der Waals surface area contributed by atoms with Crippen LogP contribution in [-0.2, 0) is 14.4 Å². The smallest absolute Gasteiger partial charge is 0.326 e. The number of rotatable bonds is 2. The molecular weight excluding hydrogens is 272 g/mol. The molecule has 2 amide bonds. The monoisotopic (exact) mass is 294 g/mol. The Kier molecular flexibility index (Phi) is 3.87. The highest BCUT2D eigenvalue weighted by atomic mass is 16.4. The van der Waals surface area contributed by atoms with Gasteiger partial charge in [0.15, 0.2) is 0 Å². The highest BCUT2D eigenvalue weighted by molar-refractivity contribution is 5.88. The molecule has 0 radical (unpaired) electrons. The second-order valence-corrected chi connectivity index (χ2v) is 6.49. The highest BCUT2D eigenvalue weighted by Gasteiger charge is 2.48. The molecule has 2 N–H and O–H groups in total. The fraction of sp³-hybridized carbons (Fsp3) is 0.800. The lowest BCUT2D eigenvalue weighted by Crippen LogP contribution is -2.51. The first-order valence-corrected chi connectivity index (χ1v) is 7.89. The van der Waals surface area contributed by atoms with Gasteiger partial charge in [0.05, 0.1) is 5.92 Å². The summed E-state index contributed by atoms with van der Waals surface area (Å²) in [5, 5.41) is 12.2. The van der Waals surface area contributed by atoms with Gasteiger partial charge in [-0.3, -0.25) is 9.59 Å². The summed E-state index contributed by atoms with van der Waals surface area (Å²) in [4.78, 5) is 37.2. The summed E-state index contributed by atoms with van der Waals surface area (Å²) in [5.41, 5.74) is 0. The van der Waals surface area contributed by atoms with Gasteiger partial charge in [0, 0.05) is 19.0 Å². The molecule has 4 atom stereocenters. The van der Waals surface area contributed by atoms with Gasteiger partial charge in [-0.05, 0) is 31.6 Å².